The first-order valence-electron chi connectivity index (χ1n) is 6.75. The standard InChI is InChI=1S/C15H17N3OS/c1-9-13(8-16-11(3)17-9)15(19)18-6-4-14-12(10(18)2)5-7-20-14/h5,7-8,10H,4,6H2,1-3H3. The van der Waals surface area contributed by atoms with Gasteiger partial charge >= 0.3 is 0 Å². The summed E-state index contributed by atoms with van der Waals surface area (Å²) >= 11 is 1.78. The van der Waals surface area contributed by atoms with Gasteiger partial charge in [0.15, 0.2) is 0 Å². The second-order valence-corrected chi connectivity index (χ2v) is 6.14. The topological polar surface area (TPSA) is 46.1 Å². The van der Waals surface area contributed by atoms with Crippen LogP contribution in [0.4, 0.5) is 0 Å². The van der Waals surface area contributed by atoms with Gasteiger partial charge in [0.2, 0.25) is 0 Å². The normalized spacial score (nSPS) is 17.9. The SMILES string of the molecule is Cc1ncc(C(=O)N2CCc3sccc3C2C)c(C)n1. The predicted molar refractivity (Wildman–Crippen MR) is 79.0 cm³/mol. The highest BCUT2D eigenvalue weighted by Gasteiger charge is 2.29. The average molecular weight is 287 g/mol. The number of aromatic nitrogens is 2. The molecule has 3 rings (SSSR count). The van der Waals surface area contributed by atoms with E-state index in [9.17, 15) is 4.79 Å². The highest BCUT2D eigenvalue weighted by Crippen LogP contribution is 2.33. The van der Waals surface area contributed by atoms with Crippen LogP contribution in [0.15, 0.2) is 17.6 Å². The maximum absolute atomic E-state index is 12.7. The summed E-state index contributed by atoms with van der Waals surface area (Å²) < 4.78 is 0. The lowest BCUT2D eigenvalue weighted by molar-refractivity contribution is 0.0677. The van der Waals surface area contributed by atoms with Crippen LogP contribution in [-0.4, -0.2) is 27.3 Å². The Labute approximate surface area is 122 Å². The van der Waals surface area contributed by atoms with Crippen molar-refractivity contribution in [3.63, 3.8) is 0 Å². The van der Waals surface area contributed by atoms with Gasteiger partial charge in [0.25, 0.3) is 5.91 Å². The highest BCUT2D eigenvalue weighted by atomic mass is 32.1. The van der Waals surface area contributed by atoms with E-state index in [2.05, 4.69) is 28.3 Å². The van der Waals surface area contributed by atoms with Crippen LogP contribution in [0, 0.1) is 13.8 Å². The molecule has 3 heterocycles. The van der Waals surface area contributed by atoms with Crippen LogP contribution in [0.5, 0.6) is 0 Å². The fourth-order valence-corrected chi connectivity index (χ4v) is 3.70. The van der Waals surface area contributed by atoms with Gasteiger partial charge in [-0.15, -0.1) is 11.3 Å². The fraction of sp³-hybridized carbons (Fsp3) is 0.400. The van der Waals surface area contributed by atoms with E-state index < -0.39 is 0 Å². The van der Waals surface area contributed by atoms with Gasteiger partial charge in [-0.2, -0.15) is 0 Å². The Balaban J connectivity index is 1.92. The molecule has 0 saturated heterocycles. The third-order valence-corrected chi connectivity index (χ3v) is 4.86. The number of rotatable bonds is 1. The Hall–Kier alpha value is -1.75. The van der Waals surface area contributed by atoms with E-state index in [1.165, 1.54) is 10.4 Å². The average Bonchev–Trinajstić information content (AvgIpc) is 2.87. The Morgan fingerprint density at radius 2 is 2.25 bits per heavy atom. The van der Waals surface area contributed by atoms with Crippen molar-refractivity contribution >= 4 is 17.2 Å². The molecule has 0 bridgehead atoms. The van der Waals surface area contributed by atoms with Gasteiger partial charge in [-0.05, 0) is 44.2 Å². The molecule has 0 radical (unpaired) electrons. The smallest absolute Gasteiger partial charge is 0.257 e. The molecule has 2 aromatic rings. The van der Waals surface area contributed by atoms with Crippen molar-refractivity contribution in [3.8, 4) is 0 Å². The molecule has 2 aromatic heterocycles. The van der Waals surface area contributed by atoms with Gasteiger partial charge < -0.3 is 4.90 Å². The largest absolute Gasteiger partial charge is 0.331 e. The van der Waals surface area contributed by atoms with Crippen LogP contribution in [0.2, 0.25) is 0 Å². The van der Waals surface area contributed by atoms with E-state index in [1.54, 1.807) is 17.5 Å². The van der Waals surface area contributed by atoms with Crippen LogP contribution in [-0.2, 0) is 6.42 Å². The summed E-state index contributed by atoms with van der Waals surface area (Å²) in [4.78, 5) is 24.5. The molecule has 0 aromatic carbocycles. The fourth-order valence-electron chi connectivity index (χ4n) is 2.73. The maximum atomic E-state index is 12.7. The molecule has 1 unspecified atom stereocenters. The Bertz CT molecular complexity index is 665. The van der Waals surface area contributed by atoms with Crippen LogP contribution < -0.4 is 0 Å². The molecule has 0 spiro atoms. The minimum atomic E-state index is 0.0341. The second-order valence-electron chi connectivity index (χ2n) is 5.14. The number of fused-ring (bicyclic) bond motifs is 1. The molecule has 5 heteroatoms. The van der Waals surface area contributed by atoms with Gasteiger partial charge in [0, 0.05) is 17.6 Å². The number of carbonyl (C=O) groups excluding carboxylic acids is 1. The van der Waals surface area contributed by atoms with Gasteiger partial charge in [-0.3, -0.25) is 4.79 Å². The number of hydrogen-bond acceptors (Lipinski definition) is 4. The summed E-state index contributed by atoms with van der Waals surface area (Å²) in [6, 6.07) is 2.25. The maximum Gasteiger partial charge on any atom is 0.257 e. The monoisotopic (exact) mass is 287 g/mol. The lowest BCUT2D eigenvalue weighted by atomic mass is 10.0. The van der Waals surface area contributed by atoms with E-state index in [0.29, 0.717) is 11.4 Å². The summed E-state index contributed by atoms with van der Waals surface area (Å²) in [6.07, 6.45) is 2.59. The van der Waals surface area contributed by atoms with Crippen LogP contribution in [0.1, 0.15) is 45.3 Å². The molecule has 1 aliphatic heterocycles. The summed E-state index contributed by atoms with van der Waals surface area (Å²) in [7, 11) is 0. The summed E-state index contributed by atoms with van der Waals surface area (Å²) in [5.74, 6) is 0.734. The summed E-state index contributed by atoms with van der Waals surface area (Å²) in [6.45, 7) is 6.56. The second kappa shape index (κ2) is 4.98. The quantitative estimate of drug-likeness (QED) is 0.810. The minimum Gasteiger partial charge on any atom is -0.331 e. The Kier molecular flexibility index (Phi) is 3.30. The zero-order valence-corrected chi connectivity index (χ0v) is 12.7. The highest BCUT2D eigenvalue weighted by molar-refractivity contribution is 7.10. The van der Waals surface area contributed by atoms with E-state index >= 15 is 0 Å². The predicted octanol–water partition coefficient (Wildman–Crippen LogP) is 2.91. The van der Waals surface area contributed by atoms with Crippen LogP contribution in [0.25, 0.3) is 0 Å². The van der Waals surface area contributed by atoms with Crippen molar-refractivity contribution < 1.29 is 4.79 Å². The van der Waals surface area contributed by atoms with Gasteiger partial charge in [0.1, 0.15) is 5.82 Å². The lowest BCUT2D eigenvalue weighted by Crippen LogP contribution is -2.38. The van der Waals surface area contributed by atoms with Crippen molar-refractivity contribution in [2.75, 3.05) is 6.54 Å². The number of nitrogens with zero attached hydrogens (tertiary/aromatic N) is 3. The molecular formula is C15H17N3OS. The zero-order valence-electron chi connectivity index (χ0n) is 11.9. The molecule has 20 heavy (non-hydrogen) atoms. The van der Waals surface area contributed by atoms with Crippen molar-refractivity contribution in [1.82, 2.24) is 14.9 Å². The third-order valence-electron chi connectivity index (χ3n) is 3.87. The van der Waals surface area contributed by atoms with E-state index in [0.717, 1.165) is 18.7 Å². The Morgan fingerprint density at radius 3 is 3.00 bits per heavy atom. The van der Waals surface area contributed by atoms with Crippen molar-refractivity contribution in [1.29, 1.82) is 0 Å². The molecule has 1 amide bonds. The molecule has 104 valence electrons. The van der Waals surface area contributed by atoms with Crippen molar-refractivity contribution in [2.24, 2.45) is 0 Å². The Morgan fingerprint density at radius 1 is 1.45 bits per heavy atom. The molecule has 4 nitrogen and oxygen atoms in total. The molecule has 0 N–H and O–H groups in total. The first-order valence-corrected chi connectivity index (χ1v) is 7.63. The molecule has 1 atom stereocenters. The number of hydrogen-bond donors (Lipinski definition) is 0. The third kappa shape index (κ3) is 2.12. The van der Waals surface area contributed by atoms with E-state index in [-0.39, 0.29) is 11.9 Å². The van der Waals surface area contributed by atoms with Crippen LogP contribution in [0.3, 0.4) is 0 Å². The van der Waals surface area contributed by atoms with Gasteiger partial charge in [-0.1, -0.05) is 0 Å². The lowest BCUT2D eigenvalue weighted by Gasteiger charge is -2.33. The molecular weight excluding hydrogens is 270 g/mol. The van der Waals surface area contributed by atoms with Crippen molar-refractivity contribution in [3.05, 3.63) is 45.2 Å². The van der Waals surface area contributed by atoms with Gasteiger partial charge in [0.05, 0.1) is 17.3 Å². The summed E-state index contributed by atoms with van der Waals surface area (Å²) in [5, 5.41) is 2.11. The number of carbonyl (C=O) groups is 1. The first kappa shape index (κ1) is 13.2. The molecule has 0 fully saturated rings. The zero-order chi connectivity index (χ0) is 14.3. The van der Waals surface area contributed by atoms with Crippen LogP contribution >= 0.6 is 11.3 Å². The molecule has 0 aliphatic carbocycles. The van der Waals surface area contributed by atoms with E-state index in [4.69, 9.17) is 0 Å². The first-order chi connectivity index (χ1) is 9.58. The molecule has 0 saturated carbocycles. The van der Waals surface area contributed by atoms with E-state index in [1.807, 2.05) is 18.7 Å². The van der Waals surface area contributed by atoms with Gasteiger partial charge in [-0.25, -0.2) is 9.97 Å². The number of thiophene rings is 1. The summed E-state index contributed by atoms with van der Waals surface area (Å²) in [5.41, 5.74) is 2.65. The molecule has 1 aliphatic rings. The number of aryl methyl sites for hydroxylation is 2. The number of amides is 1. The van der Waals surface area contributed by atoms with Crippen molar-refractivity contribution in [2.45, 2.75) is 33.2 Å². The minimum absolute atomic E-state index is 0.0341.